The zero-order valence-corrected chi connectivity index (χ0v) is 13.1. The monoisotopic (exact) mass is 276 g/mol. The molecule has 1 aromatic heterocycles. The summed E-state index contributed by atoms with van der Waals surface area (Å²) in [6, 6.07) is 6.20. The molecule has 3 heteroatoms. The Labute approximate surface area is 123 Å². The molecule has 3 unspecified atom stereocenters. The first-order valence-corrected chi connectivity index (χ1v) is 7.96. The van der Waals surface area contributed by atoms with Crippen LogP contribution < -0.4 is 5.32 Å². The summed E-state index contributed by atoms with van der Waals surface area (Å²) in [5.41, 5.74) is 2.14. The molecule has 1 N–H and O–H groups in total. The van der Waals surface area contributed by atoms with Gasteiger partial charge in [0.2, 0.25) is 0 Å². The molecule has 0 spiro atoms. The van der Waals surface area contributed by atoms with Crippen LogP contribution in [0.15, 0.2) is 18.2 Å². The summed E-state index contributed by atoms with van der Waals surface area (Å²) < 4.78 is 6.06. The van der Waals surface area contributed by atoms with E-state index in [1.165, 1.54) is 19.3 Å². The van der Waals surface area contributed by atoms with E-state index >= 15 is 0 Å². The highest BCUT2D eigenvalue weighted by Gasteiger charge is 2.24. The van der Waals surface area contributed by atoms with Crippen LogP contribution in [0.3, 0.4) is 0 Å². The van der Waals surface area contributed by atoms with Gasteiger partial charge < -0.3 is 10.1 Å². The third-order valence-electron chi connectivity index (χ3n) is 4.44. The number of rotatable bonds is 6. The van der Waals surface area contributed by atoms with Crippen LogP contribution in [-0.2, 0) is 17.9 Å². The fourth-order valence-electron chi connectivity index (χ4n) is 2.81. The Hall–Kier alpha value is -0.930. The molecular formula is C17H28N2O. The van der Waals surface area contributed by atoms with Gasteiger partial charge in [0, 0.05) is 6.54 Å². The van der Waals surface area contributed by atoms with Crippen LogP contribution in [0.4, 0.5) is 0 Å². The van der Waals surface area contributed by atoms with Crippen LogP contribution in [0.5, 0.6) is 0 Å². The van der Waals surface area contributed by atoms with Crippen molar-refractivity contribution in [1.29, 1.82) is 0 Å². The van der Waals surface area contributed by atoms with Gasteiger partial charge in [0.05, 0.1) is 24.1 Å². The van der Waals surface area contributed by atoms with Gasteiger partial charge in [-0.05, 0) is 49.8 Å². The van der Waals surface area contributed by atoms with Gasteiger partial charge in [-0.2, -0.15) is 0 Å². The molecule has 0 amide bonds. The third-order valence-corrected chi connectivity index (χ3v) is 4.44. The van der Waals surface area contributed by atoms with Gasteiger partial charge >= 0.3 is 0 Å². The average Bonchev–Trinajstić information content (AvgIpc) is 2.47. The SMILES string of the molecule is CCNCc1cccc(COC2CCC(C)C(C)C2)n1. The maximum absolute atomic E-state index is 6.06. The van der Waals surface area contributed by atoms with Gasteiger partial charge in [0.1, 0.15) is 0 Å². The van der Waals surface area contributed by atoms with Crippen LogP contribution in [0, 0.1) is 11.8 Å². The van der Waals surface area contributed by atoms with Gasteiger partial charge in [-0.15, -0.1) is 0 Å². The van der Waals surface area contributed by atoms with Crippen LogP contribution in [0.25, 0.3) is 0 Å². The molecule has 0 radical (unpaired) electrons. The second-order valence-corrected chi connectivity index (χ2v) is 6.10. The summed E-state index contributed by atoms with van der Waals surface area (Å²) in [5, 5.41) is 3.30. The lowest BCUT2D eigenvalue weighted by molar-refractivity contribution is -0.00881. The summed E-state index contributed by atoms with van der Waals surface area (Å²) >= 11 is 0. The number of nitrogens with one attached hydrogen (secondary N) is 1. The highest BCUT2D eigenvalue weighted by Crippen LogP contribution is 2.31. The fourth-order valence-corrected chi connectivity index (χ4v) is 2.81. The number of ether oxygens (including phenoxy) is 1. The molecule has 1 fully saturated rings. The molecule has 1 aliphatic carbocycles. The van der Waals surface area contributed by atoms with E-state index in [0.29, 0.717) is 12.7 Å². The van der Waals surface area contributed by atoms with Crippen molar-refractivity contribution >= 4 is 0 Å². The zero-order valence-electron chi connectivity index (χ0n) is 13.1. The molecule has 0 bridgehead atoms. The van der Waals surface area contributed by atoms with Gasteiger partial charge in [0.15, 0.2) is 0 Å². The summed E-state index contributed by atoms with van der Waals surface area (Å²) in [7, 11) is 0. The van der Waals surface area contributed by atoms with E-state index in [0.717, 1.165) is 36.3 Å². The highest BCUT2D eigenvalue weighted by atomic mass is 16.5. The Morgan fingerprint density at radius 1 is 1.20 bits per heavy atom. The lowest BCUT2D eigenvalue weighted by Crippen LogP contribution is -2.26. The van der Waals surface area contributed by atoms with Crippen LogP contribution in [0.1, 0.15) is 51.4 Å². The maximum atomic E-state index is 6.06. The second kappa shape index (κ2) is 7.75. The quantitative estimate of drug-likeness (QED) is 0.863. The number of hydrogen-bond acceptors (Lipinski definition) is 3. The molecule has 20 heavy (non-hydrogen) atoms. The standard InChI is InChI=1S/C17H28N2O/c1-4-18-11-15-6-5-7-16(19-15)12-20-17-9-8-13(2)14(3)10-17/h5-7,13-14,17-18H,4,8-12H2,1-3H3. The van der Waals surface area contributed by atoms with Crippen molar-refractivity contribution in [2.45, 2.75) is 59.3 Å². The highest BCUT2D eigenvalue weighted by molar-refractivity contribution is 5.10. The smallest absolute Gasteiger partial charge is 0.0891 e. The molecule has 3 atom stereocenters. The third kappa shape index (κ3) is 4.57. The van der Waals surface area contributed by atoms with E-state index in [2.05, 4.69) is 49.3 Å². The summed E-state index contributed by atoms with van der Waals surface area (Å²) in [5.74, 6) is 1.62. The number of pyridine rings is 1. The number of nitrogens with zero attached hydrogens (tertiary/aromatic N) is 1. The molecule has 2 rings (SSSR count). The molecule has 112 valence electrons. The van der Waals surface area contributed by atoms with Gasteiger partial charge in [0.25, 0.3) is 0 Å². The first-order chi connectivity index (χ1) is 9.69. The van der Waals surface area contributed by atoms with E-state index in [9.17, 15) is 0 Å². The van der Waals surface area contributed by atoms with Gasteiger partial charge in [-0.25, -0.2) is 0 Å². The van der Waals surface area contributed by atoms with Crippen molar-refractivity contribution in [2.75, 3.05) is 6.54 Å². The first kappa shape index (κ1) is 15.5. The zero-order chi connectivity index (χ0) is 14.4. The molecule has 3 nitrogen and oxygen atoms in total. The van der Waals surface area contributed by atoms with E-state index in [1.54, 1.807) is 0 Å². The predicted molar refractivity (Wildman–Crippen MR) is 82.4 cm³/mol. The largest absolute Gasteiger partial charge is 0.372 e. The van der Waals surface area contributed by atoms with Crippen molar-refractivity contribution in [3.05, 3.63) is 29.6 Å². The molecule has 1 heterocycles. The number of aromatic nitrogens is 1. The number of hydrogen-bond donors (Lipinski definition) is 1. The van der Waals surface area contributed by atoms with E-state index in [4.69, 9.17) is 4.74 Å². The van der Waals surface area contributed by atoms with E-state index in [-0.39, 0.29) is 0 Å². The van der Waals surface area contributed by atoms with Crippen molar-refractivity contribution in [1.82, 2.24) is 10.3 Å². The summed E-state index contributed by atoms with van der Waals surface area (Å²) in [6.45, 7) is 9.26. The normalized spacial score (nSPS) is 26.6. The second-order valence-electron chi connectivity index (χ2n) is 6.10. The Kier molecular flexibility index (Phi) is 5.99. The van der Waals surface area contributed by atoms with Crippen molar-refractivity contribution < 1.29 is 4.74 Å². The van der Waals surface area contributed by atoms with Crippen molar-refractivity contribution in [3.63, 3.8) is 0 Å². The topological polar surface area (TPSA) is 34.1 Å². The minimum atomic E-state index is 0.417. The molecule has 0 saturated heterocycles. The van der Waals surface area contributed by atoms with Crippen LogP contribution in [-0.4, -0.2) is 17.6 Å². The molecular weight excluding hydrogens is 248 g/mol. The molecule has 1 aliphatic rings. The molecule has 0 aliphatic heterocycles. The van der Waals surface area contributed by atoms with Crippen LogP contribution >= 0.6 is 0 Å². The predicted octanol–water partition coefficient (Wildman–Crippen LogP) is 3.53. The van der Waals surface area contributed by atoms with Crippen molar-refractivity contribution in [2.24, 2.45) is 11.8 Å². The van der Waals surface area contributed by atoms with Gasteiger partial charge in [-0.1, -0.05) is 26.8 Å². The first-order valence-electron chi connectivity index (χ1n) is 7.96. The van der Waals surface area contributed by atoms with Gasteiger partial charge in [-0.3, -0.25) is 4.98 Å². The Bertz CT molecular complexity index is 408. The van der Waals surface area contributed by atoms with E-state index in [1.807, 2.05) is 0 Å². The minimum Gasteiger partial charge on any atom is -0.372 e. The Morgan fingerprint density at radius 3 is 2.75 bits per heavy atom. The van der Waals surface area contributed by atoms with Crippen molar-refractivity contribution in [3.8, 4) is 0 Å². The molecule has 1 aromatic rings. The molecule has 1 saturated carbocycles. The lowest BCUT2D eigenvalue weighted by atomic mass is 9.80. The lowest BCUT2D eigenvalue weighted by Gasteiger charge is -2.31. The fraction of sp³-hybridized carbons (Fsp3) is 0.706. The van der Waals surface area contributed by atoms with Crippen LogP contribution in [0.2, 0.25) is 0 Å². The summed E-state index contributed by atoms with van der Waals surface area (Å²) in [6.07, 6.45) is 4.10. The maximum Gasteiger partial charge on any atom is 0.0891 e. The minimum absolute atomic E-state index is 0.417. The van der Waals surface area contributed by atoms with E-state index < -0.39 is 0 Å². The Morgan fingerprint density at radius 2 is 2.00 bits per heavy atom. The average molecular weight is 276 g/mol. The summed E-state index contributed by atoms with van der Waals surface area (Å²) in [4.78, 5) is 4.64. The molecule has 0 aromatic carbocycles. The Balaban J connectivity index is 1.81.